The molecule has 0 aliphatic heterocycles. The topological polar surface area (TPSA) is 38.9 Å². The molecule has 0 fully saturated rings. The van der Waals surface area contributed by atoms with Crippen molar-refractivity contribution in [1.29, 1.82) is 0 Å². The van der Waals surface area contributed by atoms with Gasteiger partial charge in [-0.1, -0.05) is 0 Å². The zero-order chi connectivity index (χ0) is 14.9. The molecule has 1 heterocycles. The van der Waals surface area contributed by atoms with Crippen LogP contribution >= 0.6 is 11.3 Å². The van der Waals surface area contributed by atoms with Crippen LogP contribution in [0.3, 0.4) is 0 Å². The molecule has 2 rings (SSSR count). The second-order valence-corrected chi connectivity index (χ2v) is 5.46. The maximum atomic E-state index is 13.7. The number of aromatic nitrogens is 1. The van der Waals surface area contributed by atoms with Crippen LogP contribution in [0.1, 0.15) is 27.9 Å². The summed E-state index contributed by atoms with van der Waals surface area (Å²) in [6, 6.07) is 1.40. The van der Waals surface area contributed by atoms with Gasteiger partial charge in [0, 0.05) is 23.4 Å². The van der Waals surface area contributed by atoms with E-state index in [1.165, 1.54) is 11.3 Å². The van der Waals surface area contributed by atoms with Gasteiger partial charge in [0.15, 0.2) is 0 Å². The summed E-state index contributed by atoms with van der Waals surface area (Å²) in [6.07, 6.45) is -4.32. The minimum absolute atomic E-state index is 0.148. The Kier molecular flexibility index (Phi) is 4.10. The first-order chi connectivity index (χ1) is 9.27. The molecule has 2 nitrogen and oxygen atoms in total. The Hall–Kier alpha value is -1.47. The fraction of sp³-hybridized carbons (Fsp3) is 0.308. The molecule has 0 aliphatic carbocycles. The van der Waals surface area contributed by atoms with E-state index in [0.717, 1.165) is 17.1 Å². The lowest BCUT2D eigenvalue weighted by atomic mass is 10.00. The second-order valence-electron chi connectivity index (χ2n) is 4.40. The van der Waals surface area contributed by atoms with E-state index in [0.29, 0.717) is 11.8 Å². The molecule has 108 valence electrons. The number of nitrogens with two attached hydrogens (primary N) is 1. The van der Waals surface area contributed by atoms with Crippen LogP contribution in [-0.2, 0) is 12.6 Å². The fourth-order valence-electron chi connectivity index (χ4n) is 1.84. The van der Waals surface area contributed by atoms with Crippen LogP contribution in [0.15, 0.2) is 23.6 Å². The van der Waals surface area contributed by atoms with E-state index in [4.69, 9.17) is 5.73 Å². The average Bonchev–Trinajstić information content (AvgIpc) is 2.73. The van der Waals surface area contributed by atoms with E-state index < -0.39 is 23.6 Å². The van der Waals surface area contributed by atoms with Crippen LogP contribution in [0.5, 0.6) is 0 Å². The van der Waals surface area contributed by atoms with E-state index in [1.807, 2.05) is 6.92 Å². The maximum Gasteiger partial charge on any atom is 0.416 e. The van der Waals surface area contributed by atoms with Gasteiger partial charge in [-0.15, -0.1) is 11.3 Å². The Morgan fingerprint density at radius 3 is 2.60 bits per heavy atom. The number of halogens is 4. The molecule has 1 aromatic heterocycles. The maximum absolute atomic E-state index is 13.7. The summed E-state index contributed by atoms with van der Waals surface area (Å²) in [5.74, 6) is -0.738. The summed E-state index contributed by atoms with van der Waals surface area (Å²) in [4.78, 5) is 4.17. The van der Waals surface area contributed by atoms with Gasteiger partial charge in [-0.3, -0.25) is 0 Å². The van der Waals surface area contributed by atoms with Crippen molar-refractivity contribution in [1.82, 2.24) is 4.98 Å². The van der Waals surface area contributed by atoms with Gasteiger partial charge in [-0.2, -0.15) is 13.2 Å². The van der Waals surface area contributed by atoms with Gasteiger partial charge < -0.3 is 5.73 Å². The number of hydrogen-bond donors (Lipinski definition) is 1. The predicted molar refractivity (Wildman–Crippen MR) is 68.9 cm³/mol. The highest BCUT2D eigenvalue weighted by molar-refractivity contribution is 7.09. The molecule has 0 radical (unpaired) electrons. The minimum Gasteiger partial charge on any atom is -0.324 e. The third-order valence-corrected chi connectivity index (χ3v) is 3.64. The number of nitrogens with zero attached hydrogens (tertiary/aromatic N) is 1. The summed E-state index contributed by atoms with van der Waals surface area (Å²) >= 11 is 1.41. The van der Waals surface area contributed by atoms with Crippen molar-refractivity contribution in [2.75, 3.05) is 0 Å². The first-order valence-corrected chi connectivity index (χ1v) is 6.68. The summed E-state index contributed by atoms with van der Waals surface area (Å²) in [5.41, 5.74) is 5.40. The highest BCUT2D eigenvalue weighted by Crippen LogP contribution is 2.32. The summed E-state index contributed by atoms with van der Waals surface area (Å²) in [6.45, 7) is 1.81. The van der Waals surface area contributed by atoms with Gasteiger partial charge in [-0.05, 0) is 25.1 Å². The van der Waals surface area contributed by atoms with E-state index in [2.05, 4.69) is 4.98 Å². The lowest BCUT2D eigenvalue weighted by Gasteiger charge is -2.14. The van der Waals surface area contributed by atoms with Crippen molar-refractivity contribution in [2.24, 2.45) is 5.73 Å². The first-order valence-electron chi connectivity index (χ1n) is 5.80. The van der Waals surface area contributed by atoms with Crippen LogP contribution in [0, 0.1) is 12.7 Å². The molecule has 0 saturated carbocycles. The van der Waals surface area contributed by atoms with Crippen molar-refractivity contribution < 1.29 is 17.6 Å². The van der Waals surface area contributed by atoms with E-state index in [-0.39, 0.29) is 12.0 Å². The molecule has 0 bridgehead atoms. The largest absolute Gasteiger partial charge is 0.416 e. The second kappa shape index (κ2) is 5.49. The van der Waals surface area contributed by atoms with Crippen molar-refractivity contribution in [2.45, 2.75) is 25.6 Å². The number of hydrogen-bond acceptors (Lipinski definition) is 3. The van der Waals surface area contributed by atoms with Gasteiger partial charge in [0.1, 0.15) is 5.82 Å². The molecule has 0 amide bonds. The summed E-state index contributed by atoms with van der Waals surface area (Å²) in [5, 5.41) is 2.59. The Morgan fingerprint density at radius 2 is 2.05 bits per heavy atom. The van der Waals surface area contributed by atoms with Crippen molar-refractivity contribution >= 4 is 11.3 Å². The number of thiazole rings is 1. The molecule has 20 heavy (non-hydrogen) atoms. The van der Waals surface area contributed by atoms with Crippen molar-refractivity contribution in [3.63, 3.8) is 0 Å². The molecular formula is C13H12F4N2S. The number of aryl methyl sites for hydroxylation is 1. The normalized spacial score (nSPS) is 13.5. The molecule has 1 atom stereocenters. The Morgan fingerprint density at radius 1 is 1.35 bits per heavy atom. The van der Waals surface area contributed by atoms with Crippen LogP contribution < -0.4 is 5.73 Å². The van der Waals surface area contributed by atoms with Crippen molar-refractivity contribution in [3.8, 4) is 0 Å². The molecule has 2 N–H and O–H groups in total. The van der Waals surface area contributed by atoms with Gasteiger partial charge in [-0.25, -0.2) is 9.37 Å². The van der Waals surface area contributed by atoms with E-state index in [1.54, 1.807) is 5.38 Å². The third kappa shape index (κ3) is 3.34. The molecule has 1 unspecified atom stereocenters. The lowest BCUT2D eigenvalue weighted by Crippen LogP contribution is -2.17. The smallest absolute Gasteiger partial charge is 0.324 e. The predicted octanol–water partition coefficient (Wildman–Crippen LogP) is 3.85. The molecular weight excluding hydrogens is 292 g/mol. The molecule has 2 aromatic rings. The SMILES string of the molecule is Cc1nc(CC(N)c2cc(C(F)(F)F)ccc2F)cs1. The lowest BCUT2D eigenvalue weighted by molar-refractivity contribution is -0.137. The Labute approximate surface area is 117 Å². The molecule has 7 heteroatoms. The summed E-state index contributed by atoms with van der Waals surface area (Å²) in [7, 11) is 0. The molecule has 1 aromatic carbocycles. The molecule has 0 saturated heterocycles. The van der Waals surface area contributed by atoms with Crippen LogP contribution in [0.25, 0.3) is 0 Å². The number of benzene rings is 1. The monoisotopic (exact) mass is 304 g/mol. The van der Waals surface area contributed by atoms with Gasteiger partial charge in [0.05, 0.1) is 16.3 Å². The number of alkyl halides is 3. The minimum atomic E-state index is -4.51. The highest BCUT2D eigenvalue weighted by Gasteiger charge is 2.31. The highest BCUT2D eigenvalue weighted by atomic mass is 32.1. The van der Waals surface area contributed by atoms with Gasteiger partial charge >= 0.3 is 6.18 Å². The molecule has 0 aliphatic rings. The zero-order valence-electron chi connectivity index (χ0n) is 10.5. The standard InChI is InChI=1S/C13H12F4N2S/c1-7-19-9(6-20-7)5-12(18)10-4-8(13(15,16)17)2-3-11(10)14/h2-4,6,12H,5,18H2,1H3. The van der Waals surface area contributed by atoms with Gasteiger partial charge in [0.25, 0.3) is 0 Å². The number of rotatable bonds is 3. The first kappa shape index (κ1) is 14.9. The van der Waals surface area contributed by atoms with Crippen LogP contribution in [0.2, 0.25) is 0 Å². The fourth-order valence-corrected chi connectivity index (χ4v) is 2.47. The van der Waals surface area contributed by atoms with Crippen molar-refractivity contribution in [3.05, 3.63) is 51.2 Å². The van der Waals surface area contributed by atoms with Gasteiger partial charge in [0.2, 0.25) is 0 Å². The van der Waals surface area contributed by atoms with Crippen LogP contribution in [0.4, 0.5) is 17.6 Å². The quantitative estimate of drug-likeness (QED) is 0.875. The Balaban J connectivity index is 2.27. The third-order valence-electron chi connectivity index (χ3n) is 2.82. The van der Waals surface area contributed by atoms with E-state index >= 15 is 0 Å². The Bertz CT molecular complexity index is 607. The zero-order valence-corrected chi connectivity index (χ0v) is 11.4. The van der Waals surface area contributed by atoms with E-state index in [9.17, 15) is 17.6 Å². The summed E-state index contributed by atoms with van der Waals surface area (Å²) < 4.78 is 51.5. The average molecular weight is 304 g/mol. The van der Waals surface area contributed by atoms with Crippen LogP contribution in [-0.4, -0.2) is 4.98 Å². The molecule has 0 spiro atoms.